The zero-order valence-corrected chi connectivity index (χ0v) is 15.1. The molecule has 4 nitrogen and oxygen atoms in total. The van der Waals surface area contributed by atoms with E-state index in [1.807, 2.05) is 0 Å². The topological polar surface area (TPSA) is 49.4 Å². The van der Waals surface area contributed by atoms with E-state index < -0.39 is 0 Å². The van der Waals surface area contributed by atoms with Crippen molar-refractivity contribution in [3.63, 3.8) is 0 Å². The van der Waals surface area contributed by atoms with Gasteiger partial charge in [0.2, 0.25) is 11.8 Å². The summed E-state index contributed by atoms with van der Waals surface area (Å²) in [6.07, 6.45) is 0.101. The standard InChI is InChI=1S/C17H15Cl3N2O2/c1-11(23)22(17-14(19)3-2-4-15(17)20)10-9-16(24)21-13-7-5-12(18)6-8-13/h2-8H,9-10H2,1H3,(H,21,24). The van der Waals surface area contributed by atoms with E-state index in [1.165, 1.54) is 11.8 Å². The van der Waals surface area contributed by atoms with E-state index in [9.17, 15) is 9.59 Å². The summed E-state index contributed by atoms with van der Waals surface area (Å²) in [6.45, 7) is 1.56. The number of nitrogens with one attached hydrogen (secondary N) is 1. The second-order valence-corrected chi connectivity index (χ2v) is 6.30. The van der Waals surface area contributed by atoms with Crippen LogP contribution in [0.1, 0.15) is 13.3 Å². The predicted molar refractivity (Wildman–Crippen MR) is 99.2 cm³/mol. The van der Waals surface area contributed by atoms with Gasteiger partial charge < -0.3 is 10.2 Å². The van der Waals surface area contributed by atoms with Gasteiger partial charge in [0.25, 0.3) is 0 Å². The highest BCUT2D eigenvalue weighted by atomic mass is 35.5. The van der Waals surface area contributed by atoms with E-state index in [-0.39, 0.29) is 24.8 Å². The molecule has 2 aromatic rings. The minimum atomic E-state index is -0.246. The zero-order chi connectivity index (χ0) is 17.7. The van der Waals surface area contributed by atoms with E-state index in [4.69, 9.17) is 34.8 Å². The van der Waals surface area contributed by atoms with Gasteiger partial charge >= 0.3 is 0 Å². The lowest BCUT2D eigenvalue weighted by atomic mass is 10.2. The Morgan fingerprint density at radius 2 is 1.58 bits per heavy atom. The van der Waals surface area contributed by atoms with Crippen molar-refractivity contribution in [3.8, 4) is 0 Å². The van der Waals surface area contributed by atoms with Gasteiger partial charge in [0.15, 0.2) is 0 Å². The van der Waals surface area contributed by atoms with Crippen LogP contribution in [0.15, 0.2) is 42.5 Å². The lowest BCUT2D eigenvalue weighted by molar-refractivity contribution is -0.117. The van der Waals surface area contributed by atoms with E-state index in [1.54, 1.807) is 42.5 Å². The first kappa shape index (κ1) is 18.6. The fourth-order valence-electron chi connectivity index (χ4n) is 2.14. The SMILES string of the molecule is CC(=O)N(CCC(=O)Nc1ccc(Cl)cc1)c1c(Cl)cccc1Cl. The van der Waals surface area contributed by atoms with Gasteiger partial charge in [-0.1, -0.05) is 40.9 Å². The summed E-state index contributed by atoms with van der Waals surface area (Å²) < 4.78 is 0. The van der Waals surface area contributed by atoms with Crippen LogP contribution in [-0.4, -0.2) is 18.4 Å². The fraction of sp³-hybridized carbons (Fsp3) is 0.176. The lowest BCUT2D eigenvalue weighted by Crippen LogP contribution is -2.32. The van der Waals surface area contributed by atoms with Gasteiger partial charge in [-0.25, -0.2) is 0 Å². The van der Waals surface area contributed by atoms with Crippen molar-refractivity contribution >= 4 is 58.0 Å². The van der Waals surface area contributed by atoms with Crippen molar-refractivity contribution in [3.05, 3.63) is 57.5 Å². The Morgan fingerprint density at radius 3 is 2.12 bits per heavy atom. The van der Waals surface area contributed by atoms with Crippen LogP contribution < -0.4 is 10.2 Å². The molecule has 2 amide bonds. The van der Waals surface area contributed by atoms with Crippen LogP contribution in [-0.2, 0) is 9.59 Å². The molecule has 0 spiro atoms. The Hall–Kier alpha value is -1.75. The number of nitrogens with zero attached hydrogens (tertiary/aromatic N) is 1. The Balaban J connectivity index is 2.05. The van der Waals surface area contributed by atoms with Gasteiger partial charge in [-0.15, -0.1) is 0 Å². The Morgan fingerprint density at radius 1 is 1.00 bits per heavy atom. The van der Waals surface area contributed by atoms with Crippen molar-refractivity contribution in [1.29, 1.82) is 0 Å². The number of anilines is 2. The summed E-state index contributed by atoms with van der Waals surface area (Å²) in [5, 5.41) is 4.04. The summed E-state index contributed by atoms with van der Waals surface area (Å²) in [4.78, 5) is 25.4. The van der Waals surface area contributed by atoms with Crippen LogP contribution in [0.2, 0.25) is 15.1 Å². The number of carbonyl (C=O) groups is 2. The number of benzene rings is 2. The maximum absolute atomic E-state index is 12.1. The molecule has 0 atom stereocenters. The molecule has 0 unspecified atom stereocenters. The average Bonchev–Trinajstić information content (AvgIpc) is 2.52. The van der Waals surface area contributed by atoms with E-state index in [0.29, 0.717) is 26.4 Å². The average molecular weight is 386 g/mol. The first-order valence-electron chi connectivity index (χ1n) is 7.16. The first-order valence-corrected chi connectivity index (χ1v) is 8.29. The molecule has 0 aliphatic carbocycles. The molecular formula is C17H15Cl3N2O2. The quantitative estimate of drug-likeness (QED) is 0.785. The van der Waals surface area contributed by atoms with Crippen LogP contribution in [0.4, 0.5) is 11.4 Å². The summed E-state index contributed by atoms with van der Waals surface area (Å²) in [5.74, 6) is -0.476. The lowest BCUT2D eigenvalue weighted by Gasteiger charge is -2.23. The third-order valence-corrected chi connectivity index (χ3v) is 4.14. The largest absolute Gasteiger partial charge is 0.326 e. The molecule has 0 radical (unpaired) electrons. The predicted octanol–water partition coefficient (Wildman–Crippen LogP) is 5.03. The number of halogens is 3. The second-order valence-electron chi connectivity index (χ2n) is 5.05. The summed E-state index contributed by atoms with van der Waals surface area (Å²) in [6, 6.07) is 11.8. The molecule has 0 aliphatic rings. The first-order chi connectivity index (χ1) is 11.4. The van der Waals surface area contributed by atoms with Crippen molar-refractivity contribution in [2.45, 2.75) is 13.3 Å². The van der Waals surface area contributed by atoms with E-state index in [0.717, 1.165) is 0 Å². The van der Waals surface area contributed by atoms with Crippen molar-refractivity contribution in [2.24, 2.45) is 0 Å². The fourth-order valence-corrected chi connectivity index (χ4v) is 2.87. The smallest absolute Gasteiger partial charge is 0.226 e. The van der Waals surface area contributed by atoms with E-state index >= 15 is 0 Å². The van der Waals surface area contributed by atoms with Gasteiger partial charge in [0.1, 0.15) is 0 Å². The van der Waals surface area contributed by atoms with Crippen molar-refractivity contribution in [2.75, 3.05) is 16.8 Å². The molecule has 0 saturated carbocycles. The minimum absolute atomic E-state index is 0.101. The number of hydrogen-bond acceptors (Lipinski definition) is 2. The molecule has 0 aromatic heterocycles. The van der Waals surface area contributed by atoms with Crippen LogP contribution in [0.5, 0.6) is 0 Å². The molecular weight excluding hydrogens is 371 g/mol. The highest BCUT2D eigenvalue weighted by Gasteiger charge is 2.19. The summed E-state index contributed by atoms with van der Waals surface area (Å²) >= 11 is 18.1. The molecule has 0 aliphatic heterocycles. The number of carbonyl (C=O) groups excluding carboxylic acids is 2. The van der Waals surface area contributed by atoms with Crippen LogP contribution in [0.3, 0.4) is 0 Å². The molecule has 0 heterocycles. The minimum Gasteiger partial charge on any atom is -0.326 e. The Labute approximate surface area is 155 Å². The van der Waals surface area contributed by atoms with Crippen molar-refractivity contribution in [1.82, 2.24) is 0 Å². The Kier molecular flexibility index (Phi) is 6.49. The highest BCUT2D eigenvalue weighted by Crippen LogP contribution is 2.33. The maximum atomic E-state index is 12.1. The molecule has 2 rings (SSSR count). The molecule has 1 N–H and O–H groups in total. The third kappa shape index (κ3) is 4.87. The van der Waals surface area contributed by atoms with Gasteiger partial charge in [0, 0.05) is 30.6 Å². The molecule has 126 valence electrons. The highest BCUT2D eigenvalue weighted by molar-refractivity contribution is 6.39. The van der Waals surface area contributed by atoms with E-state index in [2.05, 4.69) is 5.32 Å². The second kappa shape index (κ2) is 8.38. The molecule has 24 heavy (non-hydrogen) atoms. The van der Waals surface area contributed by atoms with Crippen LogP contribution in [0.25, 0.3) is 0 Å². The van der Waals surface area contributed by atoms with Crippen LogP contribution >= 0.6 is 34.8 Å². The Bertz CT molecular complexity index is 728. The van der Waals surface area contributed by atoms with Gasteiger partial charge in [-0.2, -0.15) is 0 Å². The number of amides is 2. The monoisotopic (exact) mass is 384 g/mol. The molecule has 7 heteroatoms. The summed E-state index contributed by atoms with van der Waals surface area (Å²) in [5.41, 5.74) is 1.04. The van der Waals surface area contributed by atoms with Crippen molar-refractivity contribution < 1.29 is 9.59 Å². The summed E-state index contributed by atoms with van der Waals surface area (Å²) in [7, 11) is 0. The number of hydrogen-bond donors (Lipinski definition) is 1. The van der Waals surface area contributed by atoms with Gasteiger partial charge in [-0.05, 0) is 36.4 Å². The number of para-hydroxylation sites is 1. The molecule has 0 bridgehead atoms. The van der Waals surface area contributed by atoms with Gasteiger partial charge in [-0.3, -0.25) is 9.59 Å². The number of rotatable bonds is 5. The molecule has 2 aromatic carbocycles. The normalized spacial score (nSPS) is 10.3. The molecule has 0 saturated heterocycles. The third-order valence-electron chi connectivity index (χ3n) is 3.28. The van der Waals surface area contributed by atoms with Gasteiger partial charge in [0.05, 0.1) is 15.7 Å². The zero-order valence-electron chi connectivity index (χ0n) is 12.9. The maximum Gasteiger partial charge on any atom is 0.226 e. The molecule has 0 fully saturated rings. The van der Waals surface area contributed by atoms with Crippen LogP contribution in [0, 0.1) is 0 Å².